The Morgan fingerprint density at radius 3 is 2.33 bits per heavy atom. The van der Waals surface area contributed by atoms with Gasteiger partial charge in [-0.2, -0.15) is 0 Å². The van der Waals surface area contributed by atoms with Gasteiger partial charge in [0.2, 0.25) is 5.91 Å². The van der Waals surface area contributed by atoms with Crippen LogP contribution in [0.2, 0.25) is 0 Å². The van der Waals surface area contributed by atoms with E-state index in [2.05, 4.69) is 12.2 Å². The summed E-state index contributed by atoms with van der Waals surface area (Å²) in [6, 6.07) is 0.326. The van der Waals surface area contributed by atoms with Gasteiger partial charge in [-0.05, 0) is 18.8 Å². The van der Waals surface area contributed by atoms with E-state index >= 15 is 0 Å². The van der Waals surface area contributed by atoms with E-state index < -0.39 is 0 Å². The van der Waals surface area contributed by atoms with Gasteiger partial charge in [0.05, 0.1) is 0 Å². The lowest BCUT2D eigenvalue weighted by Crippen LogP contribution is -2.55. The highest BCUT2D eigenvalue weighted by atomic mass is 16.5. The van der Waals surface area contributed by atoms with Crippen molar-refractivity contribution in [3.63, 3.8) is 0 Å². The van der Waals surface area contributed by atoms with E-state index in [0.29, 0.717) is 38.1 Å². The normalized spacial score (nSPS) is 26.6. The van der Waals surface area contributed by atoms with Gasteiger partial charge in [0.15, 0.2) is 0 Å². The first-order valence-electron chi connectivity index (χ1n) is 7.94. The van der Waals surface area contributed by atoms with Crippen molar-refractivity contribution in [1.29, 1.82) is 0 Å². The molecule has 1 saturated carbocycles. The average Bonchev–Trinajstić information content (AvgIpc) is 2.50. The summed E-state index contributed by atoms with van der Waals surface area (Å²) in [6.45, 7) is 4.72. The Kier molecular flexibility index (Phi) is 5.85. The van der Waals surface area contributed by atoms with Crippen LogP contribution < -0.4 is 5.32 Å². The second-order valence-corrected chi connectivity index (χ2v) is 6.12. The molecule has 0 aromatic heterocycles. The number of carbonyl (C=O) groups is 2. The highest BCUT2D eigenvalue weighted by Crippen LogP contribution is 2.23. The second-order valence-electron chi connectivity index (χ2n) is 6.12. The van der Waals surface area contributed by atoms with Gasteiger partial charge in [-0.3, -0.25) is 4.79 Å². The van der Waals surface area contributed by atoms with Crippen LogP contribution in [-0.2, 0) is 9.53 Å². The Hall–Kier alpha value is -1.30. The molecule has 2 rings (SSSR count). The molecule has 2 fully saturated rings. The van der Waals surface area contributed by atoms with Gasteiger partial charge in [-0.1, -0.05) is 19.8 Å². The number of ether oxygens (including phenoxy) is 1. The van der Waals surface area contributed by atoms with E-state index in [9.17, 15) is 9.59 Å². The number of carbonyl (C=O) groups excluding carboxylic acids is 2. The molecule has 0 bridgehead atoms. The van der Waals surface area contributed by atoms with Crippen molar-refractivity contribution >= 4 is 11.9 Å². The number of methoxy groups -OCH3 is 1. The van der Waals surface area contributed by atoms with E-state index in [1.54, 1.807) is 4.90 Å². The number of nitrogens with one attached hydrogen (secondary N) is 1. The van der Waals surface area contributed by atoms with E-state index in [0.717, 1.165) is 6.42 Å². The van der Waals surface area contributed by atoms with Crippen molar-refractivity contribution in [1.82, 2.24) is 15.1 Å². The Morgan fingerprint density at radius 2 is 1.71 bits per heavy atom. The van der Waals surface area contributed by atoms with Crippen LogP contribution >= 0.6 is 0 Å². The molecule has 1 aliphatic carbocycles. The van der Waals surface area contributed by atoms with Crippen LogP contribution in [0.4, 0.5) is 4.79 Å². The number of urea groups is 1. The molecular formula is C15H27N3O3. The Labute approximate surface area is 126 Å². The lowest BCUT2D eigenvalue weighted by atomic mass is 9.86. The van der Waals surface area contributed by atoms with Gasteiger partial charge >= 0.3 is 6.03 Å². The van der Waals surface area contributed by atoms with Gasteiger partial charge in [-0.15, -0.1) is 0 Å². The molecule has 0 aromatic rings. The van der Waals surface area contributed by atoms with E-state index in [1.165, 1.54) is 26.4 Å². The van der Waals surface area contributed by atoms with E-state index in [1.807, 2.05) is 4.90 Å². The fourth-order valence-corrected chi connectivity index (χ4v) is 3.15. The zero-order valence-corrected chi connectivity index (χ0v) is 13.1. The molecule has 0 radical (unpaired) electrons. The number of hydrogen-bond donors (Lipinski definition) is 1. The smallest absolute Gasteiger partial charge is 0.317 e. The van der Waals surface area contributed by atoms with Crippen molar-refractivity contribution in [2.24, 2.45) is 5.92 Å². The van der Waals surface area contributed by atoms with Crippen LogP contribution in [0.25, 0.3) is 0 Å². The molecule has 6 heteroatoms. The van der Waals surface area contributed by atoms with Gasteiger partial charge in [0.1, 0.15) is 6.61 Å². The zero-order valence-electron chi connectivity index (χ0n) is 13.1. The number of hydrogen-bond acceptors (Lipinski definition) is 3. The maximum atomic E-state index is 12.3. The van der Waals surface area contributed by atoms with Crippen LogP contribution in [0.1, 0.15) is 32.6 Å². The SMILES string of the molecule is COCC(=O)N1CCN(C(=O)NC2CCCCC2C)CC1. The summed E-state index contributed by atoms with van der Waals surface area (Å²) in [5, 5.41) is 3.17. The lowest BCUT2D eigenvalue weighted by molar-refractivity contribution is -0.136. The van der Waals surface area contributed by atoms with Crippen LogP contribution in [0, 0.1) is 5.92 Å². The van der Waals surface area contributed by atoms with Crippen LogP contribution in [0.3, 0.4) is 0 Å². The Balaban J connectivity index is 1.76. The molecule has 0 spiro atoms. The number of nitrogens with zero attached hydrogens (tertiary/aromatic N) is 2. The van der Waals surface area contributed by atoms with Crippen molar-refractivity contribution < 1.29 is 14.3 Å². The highest BCUT2D eigenvalue weighted by molar-refractivity contribution is 5.78. The monoisotopic (exact) mass is 297 g/mol. The van der Waals surface area contributed by atoms with Crippen molar-refractivity contribution in [3.05, 3.63) is 0 Å². The third kappa shape index (κ3) is 4.33. The summed E-state index contributed by atoms with van der Waals surface area (Å²) in [7, 11) is 1.52. The minimum atomic E-state index is -0.00143. The van der Waals surface area contributed by atoms with E-state index in [-0.39, 0.29) is 18.5 Å². The molecule has 1 saturated heterocycles. The molecule has 0 aromatic carbocycles. The number of piperazine rings is 1. The second kappa shape index (κ2) is 7.64. The third-order valence-electron chi connectivity index (χ3n) is 4.61. The molecule has 1 heterocycles. The molecule has 6 nitrogen and oxygen atoms in total. The molecule has 120 valence electrons. The third-order valence-corrected chi connectivity index (χ3v) is 4.61. The van der Waals surface area contributed by atoms with Gasteiger partial charge in [0, 0.05) is 39.3 Å². The predicted molar refractivity (Wildman–Crippen MR) is 80.0 cm³/mol. The van der Waals surface area contributed by atoms with Crippen LogP contribution in [0.15, 0.2) is 0 Å². The molecule has 1 N–H and O–H groups in total. The largest absolute Gasteiger partial charge is 0.375 e. The predicted octanol–water partition coefficient (Wildman–Crippen LogP) is 1.07. The minimum absolute atomic E-state index is 0.00143. The number of rotatable bonds is 3. The first kappa shape index (κ1) is 16.1. The van der Waals surface area contributed by atoms with Crippen molar-refractivity contribution in [2.45, 2.75) is 38.6 Å². The fraction of sp³-hybridized carbons (Fsp3) is 0.867. The van der Waals surface area contributed by atoms with Gasteiger partial charge in [-0.25, -0.2) is 4.79 Å². The summed E-state index contributed by atoms with van der Waals surface area (Å²) in [5.74, 6) is 0.561. The molecule has 21 heavy (non-hydrogen) atoms. The lowest BCUT2D eigenvalue weighted by Gasteiger charge is -2.37. The highest BCUT2D eigenvalue weighted by Gasteiger charge is 2.27. The molecule has 2 unspecified atom stereocenters. The minimum Gasteiger partial charge on any atom is -0.375 e. The first-order chi connectivity index (χ1) is 10.1. The Bertz CT molecular complexity index is 367. The first-order valence-corrected chi connectivity index (χ1v) is 7.94. The molecule has 2 aliphatic rings. The summed E-state index contributed by atoms with van der Waals surface area (Å²) in [6.07, 6.45) is 4.76. The summed E-state index contributed by atoms with van der Waals surface area (Å²) in [4.78, 5) is 27.6. The molecular weight excluding hydrogens is 270 g/mol. The summed E-state index contributed by atoms with van der Waals surface area (Å²) < 4.78 is 4.86. The van der Waals surface area contributed by atoms with Gasteiger partial charge in [0.25, 0.3) is 0 Å². The van der Waals surface area contributed by atoms with Crippen LogP contribution in [-0.4, -0.2) is 67.7 Å². The average molecular weight is 297 g/mol. The zero-order chi connectivity index (χ0) is 15.2. The summed E-state index contributed by atoms with van der Waals surface area (Å²) >= 11 is 0. The number of amides is 3. The quantitative estimate of drug-likeness (QED) is 0.847. The summed E-state index contributed by atoms with van der Waals surface area (Å²) in [5.41, 5.74) is 0. The van der Waals surface area contributed by atoms with E-state index in [4.69, 9.17) is 4.74 Å². The standard InChI is InChI=1S/C15H27N3O3/c1-12-5-3-4-6-13(12)16-15(20)18-9-7-17(8-10-18)14(19)11-21-2/h12-13H,3-11H2,1-2H3,(H,16,20). The fourth-order valence-electron chi connectivity index (χ4n) is 3.15. The Morgan fingerprint density at radius 1 is 1.10 bits per heavy atom. The van der Waals surface area contributed by atoms with Crippen molar-refractivity contribution in [2.75, 3.05) is 39.9 Å². The van der Waals surface area contributed by atoms with Gasteiger partial charge < -0.3 is 19.9 Å². The molecule has 1 aliphatic heterocycles. The van der Waals surface area contributed by atoms with Crippen molar-refractivity contribution in [3.8, 4) is 0 Å². The molecule has 3 amide bonds. The maximum Gasteiger partial charge on any atom is 0.317 e. The molecule has 2 atom stereocenters. The topological polar surface area (TPSA) is 61.9 Å². The maximum absolute atomic E-state index is 12.3. The van der Waals surface area contributed by atoms with Crippen LogP contribution in [0.5, 0.6) is 0 Å².